The van der Waals surface area contributed by atoms with Gasteiger partial charge in [0.25, 0.3) is 0 Å². The monoisotopic (exact) mass is 249 g/mol. The molecule has 0 amide bonds. The molecule has 0 unspecified atom stereocenters. The molecule has 1 aliphatic rings. The van der Waals surface area contributed by atoms with Crippen molar-refractivity contribution in [3.8, 4) is 0 Å². The average Bonchev–Trinajstić information content (AvgIpc) is 2.39. The number of pyridine rings is 1. The molecule has 1 fully saturated rings. The van der Waals surface area contributed by atoms with Crippen LogP contribution in [0.15, 0.2) is 12.3 Å². The molecule has 0 atom stereocenters. The van der Waals surface area contributed by atoms with E-state index in [9.17, 15) is 10.0 Å². The van der Waals surface area contributed by atoms with E-state index in [0.29, 0.717) is 11.3 Å². The summed E-state index contributed by atoms with van der Waals surface area (Å²) in [4.78, 5) is 8.86. The van der Waals surface area contributed by atoms with E-state index in [0.717, 1.165) is 38.3 Å². The van der Waals surface area contributed by atoms with Gasteiger partial charge in [-0.2, -0.15) is 0 Å². The number of hydrogen-bond acceptors (Lipinski definition) is 5. The lowest BCUT2D eigenvalue weighted by molar-refractivity contribution is 0.270. The maximum Gasteiger partial charge on any atom is 0.492 e. The van der Waals surface area contributed by atoms with Gasteiger partial charge in [-0.1, -0.05) is 13.0 Å². The van der Waals surface area contributed by atoms with Gasteiger partial charge < -0.3 is 19.8 Å². The van der Waals surface area contributed by atoms with Gasteiger partial charge in [0, 0.05) is 37.8 Å². The summed E-state index contributed by atoms with van der Waals surface area (Å²) in [5.74, 6) is 0.700. The molecular formula is C12H20BN3O2. The van der Waals surface area contributed by atoms with Gasteiger partial charge in [-0.25, -0.2) is 4.98 Å². The van der Waals surface area contributed by atoms with Crippen LogP contribution in [0.4, 0.5) is 5.82 Å². The summed E-state index contributed by atoms with van der Waals surface area (Å²) >= 11 is 0. The largest absolute Gasteiger partial charge is 0.492 e. The molecule has 0 aromatic carbocycles. The van der Waals surface area contributed by atoms with Gasteiger partial charge in [0.1, 0.15) is 5.82 Å². The molecule has 18 heavy (non-hydrogen) atoms. The lowest BCUT2D eigenvalue weighted by Crippen LogP contribution is -2.49. The maximum absolute atomic E-state index is 9.44. The maximum atomic E-state index is 9.44. The van der Waals surface area contributed by atoms with Gasteiger partial charge >= 0.3 is 7.12 Å². The molecule has 0 radical (unpaired) electrons. The first-order valence-corrected chi connectivity index (χ1v) is 6.41. The summed E-state index contributed by atoms with van der Waals surface area (Å²) in [7, 11) is -1.46. The highest BCUT2D eigenvalue weighted by molar-refractivity contribution is 6.60. The van der Waals surface area contributed by atoms with Gasteiger partial charge in [0.05, 0.1) is 0 Å². The minimum atomic E-state index is -1.46. The Labute approximate surface area is 108 Å². The number of rotatable bonds is 3. The molecule has 0 bridgehead atoms. The quantitative estimate of drug-likeness (QED) is 0.688. The van der Waals surface area contributed by atoms with E-state index in [1.165, 1.54) is 0 Å². The summed E-state index contributed by atoms with van der Waals surface area (Å²) in [5.41, 5.74) is 1.44. The van der Waals surface area contributed by atoms with Gasteiger partial charge in [0.15, 0.2) is 0 Å². The summed E-state index contributed by atoms with van der Waals surface area (Å²) < 4.78 is 0. The summed E-state index contributed by atoms with van der Waals surface area (Å²) in [6, 6.07) is 1.79. The molecule has 1 saturated heterocycles. The second-order valence-electron chi connectivity index (χ2n) is 4.72. The van der Waals surface area contributed by atoms with Crippen molar-refractivity contribution in [3.05, 3.63) is 17.8 Å². The fourth-order valence-electron chi connectivity index (χ4n) is 2.31. The van der Waals surface area contributed by atoms with Crippen LogP contribution in [0.3, 0.4) is 0 Å². The lowest BCUT2D eigenvalue weighted by Gasteiger charge is -2.35. The second kappa shape index (κ2) is 5.69. The highest BCUT2D eigenvalue weighted by Crippen LogP contribution is 2.12. The van der Waals surface area contributed by atoms with Gasteiger partial charge in [-0.05, 0) is 19.0 Å². The van der Waals surface area contributed by atoms with E-state index in [2.05, 4.69) is 21.7 Å². The zero-order valence-corrected chi connectivity index (χ0v) is 11.0. The van der Waals surface area contributed by atoms with Crippen LogP contribution < -0.4 is 10.4 Å². The van der Waals surface area contributed by atoms with Crippen LogP contribution in [0.1, 0.15) is 12.5 Å². The first-order valence-electron chi connectivity index (χ1n) is 6.41. The molecule has 2 heterocycles. The van der Waals surface area contributed by atoms with Gasteiger partial charge in [-0.15, -0.1) is 0 Å². The predicted octanol–water partition coefficient (Wildman–Crippen LogP) is -0.788. The Morgan fingerprint density at radius 2 is 1.94 bits per heavy atom. The SMILES string of the molecule is CCN1CCN(c2ncc(C)cc2B(O)O)CC1. The highest BCUT2D eigenvalue weighted by atomic mass is 16.4. The number of aryl methyl sites for hydroxylation is 1. The van der Waals surface area contributed by atoms with Gasteiger partial charge in [0.2, 0.25) is 0 Å². The third-order valence-electron chi connectivity index (χ3n) is 3.43. The van der Waals surface area contributed by atoms with E-state index < -0.39 is 7.12 Å². The second-order valence-corrected chi connectivity index (χ2v) is 4.72. The molecule has 2 N–H and O–H groups in total. The van der Waals surface area contributed by atoms with Crippen LogP contribution in [0, 0.1) is 6.92 Å². The Kier molecular flexibility index (Phi) is 4.21. The third kappa shape index (κ3) is 2.83. The normalized spacial score (nSPS) is 17.0. The number of anilines is 1. The van der Waals surface area contributed by atoms with Crippen LogP contribution >= 0.6 is 0 Å². The predicted molar refractivity (Wildman–Crippen MR) is 73.1 cm³/mol. The number of hydrogen-bond donors (Lipinski definition) is 2. The topological polar surface area (TPSA) is 59.8 Å². The zero-order chi connectivity index (χ0) is 13.1. The molecule has 2 rings (SSSR count). The molecular weight excluding hydrogens is 229 g/mol. The smallest absolute Gasteiger partial charge is 0.423 e. The Balaban J connectivity index is 2.18. The average molecular weight is 249 g/mol. The summed E-state index contributed by atoms with van der Waals surface area (Å²) in [5, 5.41) is 18.9. The van der Waals surface area contributed by atoms with E-state index in [-0.39, 0.29) is 0 Å². The van der Waals surface area contributed by atoms with Crippen molar-refractivity contribution in [1.82, 2.24) is 9.88 Å². The van der Waals surface area contributed by atoms with Crippen LogP contribution in [0.25, 0.3) is 0 Å². The lowest BCUT2D eigenvalue weighted by atomic mass is 9.79. The van der Waals surface area contributed by atoms with Crippen LogP contribution in [-0.4, -0.2) is 59.8 Å². The van der Waals surface area contributed by atoms with Crippen molar-refractivity contribution in [2.24, 2.45) is 0 Å². The number of aromatic nitrogens is 1. The van der Waals surface area contributed by atoms with E-state index in [1.807, 2.05) is 6.92 Å². The first kappa shape index (κ1) is 13.3. The van der Waals surface area contributed by atoms with Crippen molar-refractivity contribution in [1.29, 1.82) is 0 Å². The van der Waals surface area contributed by atoms with Crippen LogP contribution in [0.5, 0.6) is 0 Å². The summed E-state index contributed by atoms with van der Waals surface area (Å²) in [6.07, 6.45) is 1.77. The number of likely N-dealkylation sites (N-methyl/N-ethyl adjacent to an activating group) is 1. The zero-order valence-electron chi connectivity index (χ0n) is 11.0. The first-order chi connectivity index (χ1) is 8.61. The molecule has 0 aliphatic carbocycles. The van der Waals surface area contributed by atoms with Gasteiger partial charge in [-0.3, -0.25) is 0 Å². The minimum Gasteiger partial charge on any atom is -0.423 e. The van der Waals surface area contributed by atoms with Crippen molar-refractivity contribution < 1.29 is 10.0 Å². The van der Waals surface area contributed by atoms with E-state index >= 15 is 0 Å². The Morgan fingerprint density at radius 3 is 2.50 bits per heavy atom. The Bertz CT molecular complexity index is 406. The summed E-state index contributed by atoms with van der Waals surface area (Å²) in [6.45, 7) is 8.86. The highest BCUT2D eigenvalue weighted by Gasteiger charge is 2.24. The Hall–Kier alpha value is -1.11. The molecule has 5 nitrogen and oxygen atoms in total. The molecule has 0 saturated carbocycles. The van der Waals surface area contributed by atoms with Crippen molar-refractivity contribution in [2.45, 2.75) is 13.8 Å². The molecule has 1 aromatic heterocycles. The molecule has 6 heteroatoms. The minimum absolute atomic E-state index is 0.500. The van der Waals surface area contributed by atoms with Crippen molar-refractivity contribution >= 4 is 18.4 Å². The van der Waals surface area contributed by atoms with Crippen molar-refractivity contribution in [3.63, 3.8) is 0 Å². The number of piperazine rings is 1. The molecule has 98 valence electrons. The van der Waals surface area contributed by atoms with Crippen molar-refractivity contribution in [2.75, 3.05) is 37.6 Å². The Morgan fingerprint density at radius 1 is 1.28 bits per heavy atom. The standard InChI is InChI=1S/C12H20BN3O2/c1-3-15-4-6-16(7-5-15)12-11(13(17)18)8-10(2)9-14-12/h8-9,17-18H,3-7H2,1-2H3. The fraction of sp³-hybridized carbons (Fsp3) is 0.583. The third-order valence-corrected chi connectivity index (χ3v) is 3.43. The van der Waals surface area contributed by atoms with Crippen LogP contribution in [-0.2, 0) is 0 Å². The molecule has 1 aromatic rings. The molecule has 1 aliphatic heterocycles. The molecule has 0 spiro atoms. The van der Waals surface area contributed by atoms with Crippen LogP contribution in [0.2, 0.25) is 0 Å². The van der Waals surface area contributed by atoms with E-state index in [1.54, 1.807) is 12.3 Å². The van der Waals surface area contributed by atoms with E-state index in [4.69, 9.17) is 0 Å². The number of nitrogens with zero attached hydrogens (tertiary/aromatic N) is 3. The fourth-order valence-corrected chi connectivity index (χ4v) is 2.31.